The van der Waals surface area contributed by atoms with Crippen molar-refractivity contribution < 1.29 is 9.59 Å². The van der Waals surface area contributed by atoms with Crippen molar-refractivity contribution in [2.45, 2.75) is 39.2 Å². The number of thiazole rings is 1. The van der Waals surface area contributed by atoms with Crippen molar-refractivity contribution in [2.75, 3.05) is 5.32 Å². The zero-order valence-electron chi connectivity index (χ0n) is 13.6. The Balaban J connectivity index is 1.96. The summed E-state index contributed by atoms with van der Waals surface area (Å²) >= 11 is 1.47. The quantitative estimate of drug-likeness (QED) is 0.846. The summed E-state index contributed by atoms with van der Waals surface area (Å²) in [6, 6.07) is 3.01. The second-order valence-corrected chi connectivity index (χ2v) is 7.10. The van der Waals surface area contributed by atoms with Gasteiger partial charge < -0.3 is 10.6 Å². The predicted octanol–water partition coefficient (Wildman–Crippen LogP) is 2.65. The largest absolute Gasteiger partial charge is 0.339 e. The Kier molecular flexibility index (Phi) is 5.10. The van der Waals surface area contributed by atoms with E-state index < -0.39 is 11.8 Å². The minimum atomic E-state index is -0.725. The molecule has 0 aliphatic heterocycles. The van der Waals surface area contributed by atoms with Crippen molar-refractivity contribution >= 4 is 28.8 Å². The number of nitrogens with one attached hydrogen (secondary N) is 2. The molecule has 0 fully saturated rings. The normalized spacial score (nSPS) is 12.5. The first-order chi connectivity index (χ1) is 10.8. The highest BCUT2D eigenvalue weighted by molar-refractivity contribution is 7.09. The van der Waals surface area contributed by atoms with Crippen molar-refractivity contribution in [3.8, 4) is 0 Å². The molecule has 0 saturated heterocycles. The Morgan fingerprint density at radius 1 is 1.26 bits per heavy atom. The van der Waals surface area contributed by atoms with Gasteiger partial charge in [0.25, 0.3) is 0 Å². The lowest BCUT2D eigenvalue weighted by Crippen LogP contribution is -2.36. The molecule has 0 aliphatic rings. The molecular weight excluding hydrogens is 312 g/mol. The number of amides is 2. The average Bonchev–Trinajstić information content (AvgIpc) is 2.98. The molecule has 2 amide bonds. The van der Waals surface area contributed by atoms with Crippen LogP contribution >= 0.6 is 11.3 Å². The van der Waals surface area contributed by atoms with Gasteiger partial charge in [-0.3, -0.25) is 14.6 Å². The number of aromatic nitrogens is 2. The van der Waals surface area contributed by atoms with Crippen LogP contribution < -0.4 is 10.6 Å². The zero-order valence-corrected chi connectivity index (χ0v) is 14.4. The average molecular weight is 332 g/mol. The second-order valence-electron chi connectivity index (χ2n) is 6.21. The molecular formula is C16H20N4O2S. The van der Waals surface area contributed by atoms with Gasteiger partial charge in [0.2, 0.25) is 0 Å². The van der Waals surface area contributed by atoms with E-state index in [4.69, 9.17) is 0 Å². The van der Waals surface area contributed by atoms with Crippen LogP contribution in [-0.2, 0) is 15.0 Å². The highest BCUT2D eigenvalue weighted by atomic mass is 32.1. The number of anilines is 1. The van der Waals surface area contributed by atoms with Crippen LogP contribution in [0.5, 0.6) is 0 Å². The maximum Gasteiger partial charge on any atom is 0.313 e. The molecule has 2 N–H and O–H groups in total. The van der Waals surface area contributed by atoms with Crippen molar-refractivity contribution in [2.24, 2.45) is 0 Å². The van der Waals surface area contributed by atoms with Gasteiger partial charge in [-0.05, 0) is 19.1 Å². The topological polar surface area (TPSA) is 84.0 Å². The fraction of sp³-hybridized carbons (Fsp3) is 0.375. The van der Waals surface area contributed by atoms with Crippen LogP contribution in [0.4, 0.5) is 5.69 Å². The predicted molar refractivity (Wildman–Crippen MR) is 90.2 cm³/mol. The molecule has 0 spiro atoms. The highest BCUT2D eigenvalue weighted by Gasteiger charge is 2.22. The Hall–Kier alpha value is -2.28. The molecule has 0 bridgehead atoms. The summed E-state index contributed by atoms with van der Waals surface area (Å²) in [5.41, 5.74) is 1.40. The monoisotopic (exact) mass is 332 g/mol. The van der Waals surface area contributed by atoms with E-state index in [9.17, 15) is 9.59 Å². The Bertz CT molecular complexity index is 692. The molecule has 2 aromatic heterocycles. The number of carbonyl (C=O) groups is 2. The Morgan fingerprint density at radius 3 is 2.57 bits per heavy atom. The van der Waals surface area contributed by atoms with Crippen LogP contribution in [0.25, 0.3) is 0 Å². The van der Waals surface area contributed by atoms with Gasteiger partial charge in [0, 0.05) is 17.0 Å². The van der Waals surface area contributed by atoms with Gasteiger partial charge >= 0.3 is 11.8 Å². The molecule has 23 heavy (non-hydrogen) atoms. The zero-order chi connectivity index (χ0) is 17.0. The minimum absolute atomic E-state index is 0.0455. The molecule has 0 radical (unpaired) electrons. The molecule has 122 valence electrons. The van der Waals surface area contributed by atoms with Crippen LogP contribution in [0.15, 0.2) is 29.9 Å². The van der Waals surface area contributed by atoms with Crippen LogP contribution in [0.3, 0.4) is 0 Å². The number of hydrogen-bond acceptors (Lipinski definition) is 5. The Labute approximate surface area is 139 Å². The first-order valence-electron chi connectivity index (χ1n) is 7.25. The van der Waals surface area contributed by atoms with E-state index >= 15 is 0 Å². The van der Waals surface area contributed by atoms with Gasteiger partial charge in [0.05, 0.1) is 23.6 Å². The van der Waals surface area contributed by atoms with Gasteiger partial charge in [-0.1, -0.05) is 20.8 Å². The second kappa shape index (κ2) is 6.87. The van der Waals surface area contributed by atoms with E-state index in [0.29, 0.717) is 5.69 Å². The van der Waals surface area contributed by atoms with Crippen molar-refractivity contribution in [3.63, 3.8) is 0 Å². The third-order valence-corrected chi connectivity index (χ3v) is 4.16. The van der Waals surface area contributed by atoms with Gasteiger partial charge in [0.1, 0.15) is 5.01 Å². The summed E-state index contributed by atoms with van der Waals surface area (Å²) in [5, 5.41) is 7.91. The standard InChI is InChI=1S/C16H20N4O2S/c1-10(15-20-12(9-23-15)16(2,3)4)18-13(21)14(22)19-11-6-5-7-17-8-11/h5-10H,1-4H3,(H,18,21)(H,19,22). The van der Waals surface area contributed by atoms with Gasteiger partial charge in [0.15, 0.2) is 0 Å². The summed E-state index contributed by atoms with van der Waals surface area (Å²) in [6.45, 7) is 8.05. The third-order valence-electron chi connectivity index (χ3n) is 3.13. The molecule has 0 aromatic carbocycles. The molecule has 2 rings (SSSR count). The molecule has 0 saturated carbocycles. The van der Waals surface area contributed by atoms with Crippen LogP contribution in [0.1, 0.15) is 44.4 Å². The fourth-order valence-electron chi connectivity index (χ4n) is 1.78. The van der Waals surface area contributed by atoms with E-state index in [2.05, 4.69) is 41.4 Å². The molecule has 6 nitrogen and oxygen atoms in total. The van der Waals surface area contributed by atoms with Crippen molar-refractivity contribution in [1.29, 1.82) is 0 Å². The number of nitrogens with zero attached hydrogens (tertiary/aromatic N) is 2. The lowest BCUT2D eigenvalue weighted by atomic mass is 9.93. The third kappa shape index (κ3) is 4.59. The van der Waals surface area contributed by atoms with Gasteiger partial charge in [-0.2, -0.15) is 0 Å². The Morgan fingerprint density at radius 2 is 2.00 bits per heavy atom. The lowest BCUT2D eigenvalue weighted by Gasteiger charge is -2.15. The summed E-state index contributed by atoms with van der Waals surface area (Å²) in [6.07, 6.45) is 3.07. The van der Waals surface area contributed by atoms with Crippen LogP contribution in [0, 0.1) is 0 Å². The molecule has 1 unspecified atom stereocenters. The van der Waals surface area contributed by atoms with E-state index in [-0.39, 0.29) is 11.5 Å². The van der Waals surface area contributed by atoms with Crippen molar-refractivity contribution in [1.82, 2.24) is 15.3 Å². The number of carbonyl (C=O) groups excluding carboxylic acids is 2. The van der Waals surface area contributed by atoms with Gasteiger partial charge in [-0.25, -0.2) is 4.98 Å². The first kappa shape index (κ1) is 17.1. The van der Waals surface area contributed by atoms with E-state index in [1.165, 1.54) is 17.5 Å². The van der Waals surface area contributed by atoms with Crippen LogP contribution in [0.2, 0.25) is 0 Å². The molecule has 0 aliphatic carbocycles. The maximum absolute atomic E-state index is 12.0. The fourth-order valence-corrected chi connectivity index (χ4v) is 2.83. The lowest BCUT2D eigenvalue weighted by molar-refractivity contribution is -0.136. The van der Waals surface area contributed by atoms with Gasteiger partial charge in [-0.15, -0.1) is 11.3 Å². The first-order valence-corrected chi connectivity index (χ1v) is 8.13. The summed E-state index contributed by atoms with van der Waals surface area (Å²) in [5.74, 6) is -1.42. The summed E-state index contributed by atoms with van der Waals surface area (Å²) < 4.78 is 0. The van der Waals surface area contributed by atoms with E-state index in [0.717, 1.165) is 10.7 Å². The maximum atomic E-state index is 12.0. The number of pyridine rings is 1. The highest BCUT2D eigenvalue weighted by Crippen LogP contribution is 2.26. The molecule has 7 heteroatoms. The summed E-state index contributed by atoms with van der Waals surface area (Å²) in [7, 11) is 0. The molecule has 2 heterocycles. The molecule has 2 aromatic rings. The summed E-state index contributed by atoms with van der Waals surface area (Å²) in [4.78, 5) is 32.3. The van der Waals surface area contributed by atoms with E-state index in [1.807, 2.05) is 5.38 Å². The smallest absolute Gasteiger partial charge is 0.313 e. The van der Waals surface area contributed by atoms with E-state index in [1.54, 1.807) is 25.3 Å². The van der Waals surface area contributed by atoms with Crippen molar-refractivity contribution in [3.05, 3.63) is 40.6 Å². The molecule has 1 atom stereocenters. The number of hydrogen-bond donors (Lipinski definition) is 2. The van der Waals surface area contributed by atoms with Crippen LogP contribution in [-0.4, -0.2) is 21.8 Å². The minimum Gasteiger partial charge on any atom is -0.339 e. The SMILES string of the molecule is CC(NC(=O)C(=O)Nc1cccnc1)c1nc(C(C)(C)C)cs1. The number of rotatable bonds is 3.